The van der Waals surface area contributed by atoms with Gasteiger partial charge in [-0.1, -0.05) is 50.2 Å². The molecular formula is C31H39N5O5. The maximum Gasteiger partial charge on any atom is 0.417 e. The van der Waals surface area contributed by atoms with Crippen LogP contribution in [0.2, 0.25) is 0 Å². The number of carbonyl (C=O) groups excluding carboxylic acids is 3. The van der Waals surface area contributed by atoms with Crippen LogP contribution in [0, 0.1) is 5.92 Å². The lowest BCUT2D eigenvalue weighted by atomic mass is 9.95. The lowest BCUT2D eigenvalue weighted by molar-refractivity contribution is -0.130. The summed E-state index contributed by atoms with van der Waals surface area (Å²) in [6.45, 7) is 10.6. The van der Waals surface area contributed by atoms with Gasteiger partial charge in [0.1, 0.15) is 18.0 Å². The van der Waals surface area contributed by atoms with Gasteiger partial charge < -0.3 is 14.0 Å². The first-order valence-corrected chi connectivity index (χ1v) is 14.0. The van der Waals surface area contributed by atoms with Crippen LogP contribution in [0.4, 0.5) is 15.4 Å². The largest absolute Gasteiger partial charge is 0.447 e. The number of aryl methyl sites for hydroxylation is 1. The van der Waals surface area contributed by atoms with Crippen LogP contribution < -0.4 is 5.32 Å². The SMILES string of the molecule is CC(C)CCn1cnc([C@@H](Cc2ccc(NC(=O)OC(C)(C)C)nc2)C(=O)N2C(=O)OC[C@H]2Cc2ccccc2)c1. The summed E-state index contributed by atoms with van der Waals surface area (Å²) in [4.78, 5) is 49.2. The number of imide groups is 1. The number of nitrogens with one attached hydrogen (secondary N) is 1. The summed E-state index contributed by atoms with van der Waals surface area (Å²) >= 11 is 0. The van der Waals surface area contributed by atoms with Crippen molar-refractivity contribution < 1.29 is 23.9 Å². The van der Waals surface area contributed by atoms with E-state index >= 15 is 0 Å². The van der Waals surface area contributed by atoms with E-state index in [1.807, 2.05) is 41.1 Å². The number of pyridine rings is 1. The number of rotatable bonds is 10. The molecule has 1 fully saturated rings. The lowest BCUT2D eigenvalue weighted by Gasteiger charge is -2.24. The molecular weight excluding hydrogens is 522 g/mol. The molecule has 1 saturated heterocycles. The summed E-state index contributed by atoms with van der Waals surface area (Å²) in [5, 5.41) is 2.62. The summed E-state index contributed by atoms with van der Waals surface area (Å²) < 4.78 is 12.6. The van der Waals surface area contributed by atoms with E-state index in [9.17, 15) is 14.4 Å². The van der Waals surface area contributed by atoms with Crippen molar-refractivity contribution in [2.24, 2.45) is 5.92 Å². The minimum atomic E-state index is -0.731. The van der Waals surface area contributed by atoms with Crippen LogP contribution >= 0.6 is 0 Å². The molecule has 0 radical (unpaired) electrons. The topological polar surface area (TPSA) is 116 Å². The zero-order valence-corrected chi connectivity index (χ0v) is 24.4. The maximum atomic E-state index is 14.1. The van der Waals surface area contributed by atoms with Crippen molar-refractivity contribution in [1.82, 2.24) is 19.4 Å². The number of amides is 3. The smallest absolute Gasteiger partial charge is 0.417 e. The molecule has 0 aliphatic carbocycles. The van der Waals surface area contributed by atoms with E-state index < -0.39 is 29.7 Å². The monoisotopic (exact) mass is 561 g/mol. The number of nitrogens with zero attached hydrogens (tertiary/aromatic N) is 4. The van der Waals surface area contributed by atoms with Crippen molar-refractivity contribution in [2.75, 3.05) is 11.9 Å². The van der Waals surface area contributed by atoms with Crippen LogP contribution in [0.25, 0.3) is 0 Å². The Morgan fingerprint density at radius 3 is 2.51 bits per heavy atom. The first-order valence-electron chi connectivity index (χ1n) is 14.0. The van der Waals surface area contributed by atoms with Gasteiger partial charge in [0, 0.05) is 18.9 Å². The average molecular weight is 562 g/mol. The fourth-order valence-corrected chi connectivity index (χ4v) is 4.60. The van der Waals surface area contributed by atoms with Crippen molar-refractivity contribution in [2.45, 2.75) is 78.0 Å². The number of imidazole rings is 1. The van der Waals surface area contributed by atoms with Crippen LogP contribution in [0.3, 0.4) is 0 Å². The van der Waals surface area contributed by atoms with Crippen LogP contribution in [-0.4, -0.2) is 55.8 Å². The first-order chi connectivity index (χ1) is 19.5. The van der Waals surface area contributed by atoms with E-state index in [1.54, 1.807) is 45.4 Å². The van der Waals surface area contributed by atoms with Crippen molar-refractivity contribution in [1.29, 1.82) is 0 Å². The van der Waals surface area contributed by atoms with E-state index in [4.69, 9.17) is 9.47 Å². The molecule has 2 aromatic heterocycles. The first kappa shape index (κ1) is 29.8. The van der Waals surface area contributed by atoms with E-state index in [2.05, 4.69) is 29.1 Å². The Hall–Kier alpha value is -4.21. The van der Waals surface area contributed by atoms with Gasteiger partial charge in [-0.2, -0.15) is 0 Å². The summed E-state index contributed by atoms with van der Waals surface area (Å²) in [5.74, 6) is -0.241. The number of benzene rings is 1. The van der Waals surface area contributed by atoms with Gasteiger partial charge in [-0.25, -0.2) is 24.5 Å². The molecule has 0 spiro atoms. The lowest BCUT2D eigenvalue weighted by Crippen LogP contribution is -2.43. The zero-order chi connectivity index (χ0) is 29.6. The second-order valence-corrected chi connectivity index (χ2v) is 11.8. The molecule has 3 amide bonds. The molecule has 3 aromatic rings. The Labute approximate surface area is 241 Å². The molecule has 10 heteroatoms. The second-order valence-electron chi connectivity index (χ2n) is 11.8. The van der Waals surface area contributed by atoms with Crippen LogP contribution in [-0.2, 0) is 33.7 Å². The van der Waals surface area contributed by atoms with Crippen molar-refractivity contribution in [3.63, 3.8) is 0 Å². The normalized spacial score (nSPS) is 16.0. The Morgan fingerprint density at radius 2 is 1.85 bits per heavy atom. The van der Waals surface area contributed by atoms with Gasteiger partial charge in [0.05, 0.1) is 24.0 Å². The van der Waals surface area contributed by atoms with E-state index in [0.717, 1.165) is 24.1 Å². The van der Waals surface area contributed by atoms with Gasteiger partial charge in [-0.05, 0) is 63.1 Å². The van der Waals surface area contributed by atoms with Crippen molar-refractivity contribution in [3.8, 4) is 0 Å². The molecule has 10 nitrogen and oxygen atoms in total. The third kappa shape index (κ3) is 8.39. The fraction of sp³-hybridized carbons (Fsp3) is 0.452. The summed E-state index contributed by atoms with van der Waals surface area (Å²) in [6, 6.07) is 12.8. The highest BCUT2D eigenvalue weighted by atomic mass is 16.6. The van der Waals surface area contributed by atoms with Gasteiger partial charge in [-0.15, -0.1) is 0 Å². The van der Waals surface area contributed by atoms with Gasteiger partial charge in [0.25, 0.3) is 0 Å². The van der Waals surface area contributed by atoms with Crippen LogP contribution in [0.1, 0.15) is 63.8 Å². The number of hydrogen-bond donors (Lipinski definition) is 1. The molecule has 1 aromatic carbocycles. The minimum absolute atomic E-state index is 0.140. The molecule has 41 heavy (non-hydrogen) atoms. The zero-order valence-electron chi connectivity index (χ0n) is 24.4. The Morgan fingerprint density at radius 1 is 1.10 bits per heavy atom. The van der Waals surface area contributed by atoms with Gasteiger partial charge in [0.2, 0.25) is 5.91 Å². The molecule has 4 rings (SSSR count). The predicted molar refractivity (Wildman–Crippen MR) is 154 cm³/mol. The molecule has 1 aliphatic heterocycles. The summed E-state index contributed by atoms with van der Waals surface area (Å²) in [5.41, 5.74) is 1.71. The third-order valence-electron chi connectivity index (χ3n) is 6.68. The van der Waals surface area contributed by atoms with Crippen molar-refractivity contribution in [3.05, 3.63) is 78.0 Å². The Bertz CT molecular complexity index is 1330. The highest BCUT2D eigenvalue weighted by Crippen LogP contribution is 2.28. The van der Waals surface area contributed by atoms with Crippen LogP contribution in [0.15, 0.2) is 61.2 Å². The molecule has 0 saturated carbocycles. The molecule has 1 aliphatic rings. The molecule has 1 N–H and O–H groups in total. The van der Waals surface area contributed by atoms with Crippen LogP contribution in [0.5, 0.6) is 0 Å². The highest BCUT2D eigenvalue weighted by molar-refractivity contribution is 5.97. The second kappa shape index (κ2) is 13.0. The number of carbonyl (C=O) groups is 3. The average Bonchev–Trinajstić information content (AvgIpc) is 3.52. The summed E-state index contributed by atoms with van der Waals surface area (Å²) in [6.07, 6.45) is 5.71. The van der Waals surface area contributed by atoms with E-state index in [0.29, 0.717) is 23.9 Å². The molecule has 3 heterocycles. The standard InChI is InChI=1S/C31H39N5O5/c1-21(2)13-14-35-18-26(33-20-35)25(16-23-11-12-27(32-17-23)34-29(38)41-31(3,4)5)28(37)36-24(19-40-30(36)39)15-22-9-7-6-8-10-22/h6-12,17-18,20-21,24-25H,13-16,19H2,1-5H3,(H,32,34,38)/t24-,25-/m1/s1. The number of ether oxygens (including phenoxy) is 2. The van der Waals surface area contributed by atoms with Gasteiger partial charge in [0.15, 0.2) is 0 Å². The quantitative estimate of drug-likeness (QED) is 0.343. The minimum Gasteiger partial charge on any atom is -0.447 e. The number of aromatic nitrogens is 3. The molecule has 218 valence electrons. The Kier molecular flexibility index (Phi) is 9.42. The third-order valence-corrected chi connectivity index (χ3v) is 6.68. The molecule has 0 unspecified atom stereocenters. The van der Waals surface area contributed by atoms with Gasteiger partial charge >= 0.3 is 12.2 Å². The maximum absolute atomic E-state index is 14.1. The predicted octanol–water partition coefficient (Wildman–Crippen LogP) is 5.59. The van der Waals surface area contributed by atoms with Crippen molar-refractivity contribution >= 4 is 23.9 Å². The number of hydrogen-bond acceptors (Lipinski definition) is 7. The molecule has 2 atom stereocenters. The molecule has 0 bridgehead atoms. The van der Waals surface area contributed by atoms with E-state index in [-0.39, 0.29) is 18.9 Å². The summed E-state index contributed by atoms with van der Waals surface area (Å²) in [7, 11) is 0. The van der Waals surface area contributed by atoms with E-state index in [1.165, 1.54) is 4.90 Å². The highest BCUT2D eigenvalue weighted by Gasteiger charge is 2.42. The van der Waals surface area contributed by atoms with Gasteiger partial charge in [-0.3, -0.25) is 10.1 Å². The Balaban J connectivity index is 1.56. The number of anilines is 1. The number of cyclic esters (lactones) is 1. The fourth-order valence-electron chi connectivity index (χ4n) is 4.60.